The number of aryl methyl sites for hydroxylation is 1. The molecule has 206 valence electrons. The van der Waals surface area contributed by atoms with Crippen LogP contribution in [0.15, 0.2) is 89.8 Å². The Bertz CT molecular complexity index is 1460. The summed E-state index contributed by atoms with van der Waals surface area (Å²) in [6.07, 6.45) is 5.95. The van der Waals surface area contributed by atoms with Gasteiger partial charge in [0, 0.05) is 5.56 Å². The largest absolute Gasteiger partial charge is 0.263 e. The minimum atomic E-state index is -3.86. The van der Waals surface area contributed by atoms with Gasteiger partial charge in [0.25, 0.3) is 10.0 Å². The Kier molecular flexibility index (Phi) is 8.96. The second-order valence-electron chi connectivity index (χ2n) is 11.0. The summed E-state index contributed by atoms with van der Waals surface area (Å²) < 4.78 is 32.1. The molecule has 3 aromatic carbocycles. The van der Waals surface area contributed by atoms with E-state index in [1.54, 1.807) is 24.3 Å². The molecule has 0 saturated heterocycles. The fourth-order valence-electron chi connectivity index (χ4n) is 4.97. The molecule has 0 fully saturated rings. The summed E-state index contributed by atoms with van der Waals surface area (Å²) in [6, 6.07) is 27.2. The van der Waals surface area contributed by atoms with Gasteiger partial charge < -0.3 is 0 Å². The van der Waals surface area contributed by atoms with Crippen molar-refractivity contribution in [3.63, 3.8) is 0 Å². The number of sulfonamides is 1. The minimum absolute atomic E-state index is 0.0847. The monoisotopic (exact) mass is 543 g/mol. The highest BCUT2D eigenvalue weighted by Crippen LogP contribution is 2.41. The fraction of sp³-hybridized carbons (Fsp3) is 0.364. The molecule has 0 bridgehead atoms. The smallest absolute Gasteiger partial charge is 0.263 e. The molecular weight excluding hydrogens is 502 g/mol. The summed E-state index contributed by atoms with van der Waals surface area (Å²) in [7, 11) is -3.86. The van der Waals surface area contributed by atoms with Gasteiger partial charge in [-0.2, -0.15) is 5.10 Å². The first-order valence-electron chi connectivity index (χ1n) is 14.0. The number of unbranched alkanes of at least 4 members (excludes halogenated alkanes) is 3. The van der Waals surface area contributed by atoms with Gasteiger partial charge in [-0.25, -0.2) is 13.1 Å². The molecule has 4 rings (SSSR count). The SMILES string of the molecule is CCCCCCc1ccc(-c2c(C(C)C)nn(C(C)(C)c3ccccc3)c2NS(=O)(=O)c2ccccc2)cc1. The maximum Gasteiger partial charge on any atom is 0.263 e. The zero-order chi connectivity index (χ0) is 28.0. The van der Waals surface area contributed by atoms with E-state index in [1.165, 1.54) is 31.2 Å². The molecule has 0 atom stereocenters. The quantitative estimate of drug-likeness (QED) is 0.183. The van der Waals surface area contributed by atoms with E-state index in [4.69, 9.17) is 5.10 Å². The first kappa shape index (κ1) is 28.6. The molecule has 6 heteroatoms. The Labute approximate surface area is 234 Å². The summed E-state index contributed by atoms with van der Waals surface area (Å²) in [5.74, 6) is 0.564. The Morgan fingerprint density at radius 1 is 0.846 bits per heavy atom. The van der Waals surface area contributed by atoms with Gasteiger partial charge in [-0.15, -0.1) is 0 Å². The van der Waals surface area contributed by atoms with Gasteiger partial charge in [0.1, 0.15) is 5.82 Å². The van der Waals surface area contributed by atoms with Crippen LogP contribution in [0.4, 0.5) is 5.82 Å². The lowest BCUT2D eigenvalue weighted by Crippen LogP contribution is -2.31. The van der Waals surface area contributed by atoms with Crippen molar-refractivity contribution < 1.29 is 8.42 Å². The molecule has 0 radical (unpaired) electrons. The number of hydrogen-bond donors (Lipinski definition) is 1. The van der Waals surface area contributed by atoms with Gasteiger partial charge in [-0.3, -0.25) is 4.72 Å². The van der Waals surface area contributed by atoms with E-state index in [-0.39, 0.29) is 10.8 Å². The molecule has 0 saturated carbocycles. The Hall–Kier alpha value is -3.38. The molecule has 0 unspecified atom stereocenters. The van der Waals surface area contributed by atoms with Crippen LogP contribution in [0.2, 0.25) is 0 Å². The predicted octanol–water partition coefficient (Wildman–Crippen LogP) is 8.38. The predicted molar refractivity (Wildman–Crippen MR) is 162 cm³/mol. The zero-order valence-corrected chi connectivity index (χ0v) is 24.6. The summed E-state index contributed by atoms with van der Waals surface area (Å²) in [6.45, 7) is 10.6. The number of hydrogen-bond acceptors (Lipinski definition) is 3. The van der Waals surface area contributed by atoms with Crippen molar-refractivity contribution in [1.82, 2.24) is 9.78 Å². The molecule has 0 aliphatic heterocycles. The molecule has 1 aromatic heterocycles. The number of benzene rings is 3. The molecular formula is C33H41N3O2S. The third-order valence-electron chi connectivity index (χ3n) is 7.32. The van der Waals surface area contributed by atoms with Gasteiger partial charge >= 0.3 is 0 Å². The molecule has 0 aliphatic rings. The highest BCUT2D eigenvalue weighted by atomic mass is 32.2. The maximum absolute atomic E-state index is 13.7. The summed E-state index contributed by atoms with van der Waals surface area (Å²) in [4.78, 5) is 0.217. The van der Waals surface area contributed by atoms with Crippen LogP contribution in [0.1, 0.15) is 83.0 Å². The molecule has 0 amide bonds. The van der Waals surface area contributed by atoms with Gasteiger partial charge in [0.05, 0.1) is 16.1 Å². The van der Waals surface area contributed by atoms with E-state index in [0.29, 0.717) is 5.82 Å². The third kappa shape index (κ3) is 6.44. The first-order valence-corrected chi connectivity index (χ1v) is 15.5. The standard InChI is InChI=1S/C33H41N3O2S/c1-6-7-8-11-16-26-21-23-27(24-22-26)30-31(25(2)3)34-36(33(4,5)28-17-12-9-13-18-28)32(30)35-39(37,38)29-19-14-10-15-20-29/h9-10,12-15,17-25,35H,6-8,11,16H2,1-5H3. The Morgan fingerprint density at radius 3 is 2.05 bits per heavy atom. The molecule has 39 heavy (non-hydrogen) atoms. The van der Waals surface area contributed by atoms with E-state index in [2.05, 4.69) is 75.7 Å². The summed E-state index contributed by atoms with van der Waals surface area (Å²) in [5.41, 5.74) is 4.36. The van der Waals surface area contributed by atoms with E-state index < -0.39 is 15.6 Å². The minimum Gasteiger partial charge on any atom is -0.263 e. The van der Waals surface area contributed by atoms with E-state index in [0.717, 1.165) is 28.8 Å². The number of anilines is 1. The van der Waals surface area contributed by atoms with Crippen molar-refractivity contribution in [3.8, 4) is 11.1 Å². The highest BCUT2D eigenvalue weighted by molar-refractivity contribution is 7.92. The molecule has 0 spiro atoms. The van der Waals surface area contributed by atoms with Crippen LogP contribution in [0.3, 0.4) is 0 Å². The van der Waals surface area contributed by atoms with Crippen molar-refractivity contribution >= 4 is 15.8 Å². The van der Waals surface area contributed by atoms with Crippen LogP contribution < -0.4 is 4.72 Å². The van der Waals surface area contributed by atoms with Crippen LogP contribution in [0.25, 0.3) is 11.1 Å². The molecule has 1 heterocycles. The number of rotatable bonds is 12. The lowest BCUT2D eigenvalue weighted by atomic mass is 9.94. The topological polar surface area (TPSA) is 64.0 Å². The third-order valence-corrected chi connectivity index (χ3v) is 8.67. The second kappa shape index (κ2) is 12.2. The number of aromatic nitrogens is 2. The zero-order valence-electron chi connectivity index (χ0n) is 23.8. The summed E-state index contributed by atoms with van der Waals surface area (Å²) in [5, 5.41) is 5.09. The first-order chi connectivity index (χ1) is 18.6. The Morgan fingerprint density at radius 2 is 1.46 bits per heavy atom. The number of nitrogens with zero attached hydrogens (tertiary/aromatic N) is 2. The number of nitrogens with one attached hydrogen (secondary N) is 1. The van der Waals surface area contributed by atoms with Crippen LogP contribution in [0.5, 0.6) is 0 Å². The lowest BCUT2D eigenvalue weighted by molar-refractivity contribution is 0.392. The lowest BCUT2D eigenvalue weighted by Gasteiger charge is -2.28. The van der Waals surface area contributed by atoms with Crippen LogP contribution in [-0.2, 0) is 22.0 Å². The van der Waals surface area contributed by atoms with Gasteiger partial charge in [-0.05, 0) is 61.4 Å². The molecule has 4 aromatic rings. The van der Waals surface area contributed by atoms with Gasteiger partial charge in [0.2, 0.25) is 0 Å². The van der Waals surface area contributed by atoms with Crippen molar-refractivity contribution in [2.75, 3.05) is 4.72 Å². The normalized spacial score (nSPS) is 12.2. The van der Waals surface area contributed by atoms with Gasteiger partial charge in [-0.1, -0.05) is 113 Å². The van der Waals surface area contributed by atoms with Crippen molar-refractivity contribution in [2.45, 2.75) is 83.1 Å². The Balaban J connectivity index is 1.86. The van der Waals surface area contributed by atoms with Crippen molar-refractivity contribution in [2.24, 2.45) is 0 Å². The van der Waals surface area contributed by atoms with Gasteiger partial charge in [0.15, 0.2) is 0 Å². The van der Waals surface area contributed by atoms with E-state index in [1.807, 2.05) is 28.9 Å². The van der Waals surface area contributed by atoms with Crippen LogP contribution in [0, 0.1) is 0 Å². The van der Waals surface area contributed by atoms with E-state index >= 15 is 0 Å². The van der Waals surface area contributed by atoms with Crippen LogP contribution >= 0.6 is 0 Å². The second-order valence-corrected chi connectivity index (χ2v) is 12.7. The molecule has 1 N–H and O–H groups in total. The summed E-state index contributed by atoms with van der Waals surface area (Å²) >= 11 is 0. The average molecular weight is 544 g/mol. The molecule has 5 nitrogen and oxygen atoms in total. The maximum atomic E-state index is 13.7. The van der Waals surface area contributed by atoms with Crippen LogP contribution in [-0.4, -0.2) is 18.2 Å². The fourth-order valence-corrected chi connectivity index (χ4v) is 6.05. The van der Waals surface area contributed by atoms with Crippen molar-refractivity contribution in [1.29, 1.82) is 0 Å². The average Bonchev–Trinajstić information content (AvgIpc) is 3.32. The highest BCUT2D eigenvalue weighted by Gasteiger charge is 2.33. The van der Waals surface area contributed by atoms with Crippen molar-refractivity contribution in [3.05, 3.63) is 102 Å². The van der Waals surface area contributed by atoms with E-state index in [9.17, 15) is 8.42 Å². The molecule has 0 aliphatic carbocycles.